The van der Waals surface area contributed by atoms with Crippen LogP contribution in [0.2, 0.25) is 5.15 Å². The summed E-state index contributed by atoms with van der Waals surface area (Å²) in [5, 5.41) is 0.567. The summed E-state index contributed by atoms with van der Waals surface area (Å²) in [7, 11) is 0. The number of benzene rings is 1. The van der Waals surface area contributed by atoms with E-state index >= 15 is 0 Å². The van der Waals surface area contributed by atoms with Gasteiger partial charge >= 0.3 is 0 Å². The third kappa shape index (κ3) is 3.18. The van der Waals surface area contributed by atoms with Crippen molar-refractivity contribution >= 4 is 28.5 Å². The van der Waals surface area contributed by atoms with Crippen LogP contribution in [0.15, 0.2) is 30.3 Å². The molecule has 0 N–H and O–H groups in total. The molecule has 0 bridgehead atoms. The number of para-hydroxylation sites is 2. The van der Waals surface area contributed by atoms with Crippen LogP contribution in [0.25, 0.3) is 11.0 Å². The van der Waals surface area contributed by atoms with Crippen molar-refractivity contribution in [2.24, 2.45) is 0 Å². The monoisotopic (exact) mass is 381 g/mol. The molecule has 1 saturated heterocycles. The lowest BCUT2D eigenvalue weighted by Gasteiger charge is -2.34. The number of fused-ring (bicyclic) bond motifs is 1. The molecule has 1 saturated carbocycles. The number of rotatable bonds is 4. The van der Waals surface area contributed by atoms with Crippen molar-refractivity contribution in [1.29, 1.82) is 0 Å². The minimum Gasteiger partial charge on any atom is -0.356 e. The molecule has 5 nitrogen and oxygen atoms in total. The third-order valence-corrected chi connectivity index (χ3v) is 5.97. The lowest BCUT2D eigenvalue weighted by atomic mass is 10.0. The first kappa shape index (κ1) is 17.0. The van der Waals surface area contributed by atoms with Crippen molar-refractivity contribution in [3.05, 3.63) is 47.1 Å². The lowest BCUT2D eigenvalue weighted by molar-refractivity contribution is 0.394. The number of aryl methyl sites for hydroxylation is 1. The molecule has 5 rings (SSSR count). The summed E-state index contributed by atoms with van der Waals surface area (Å²) in [4.78, 5) is 16.4. The summed E-state index contributed by atoms with van der Waals surface area (Å²) in [5.41, 5.74) is 2.36. The second-order valence-corrected chi connectivity index (χ2v) is 8.03. The van der Waals surface area contributed by atoms with E-state index in [1.165, 1.54) is 24.2 Å². The van der Waals surface area contributed by atoms with Gasteiger partial charge in [0.2, 0.25) is 0 Å². The fourth-order valence-electron chi connectivity index (χ4n) is 4.21. The second-order valence-electron chi connectivity index (χ2n) is 7.64. The third-order valence-electron chi connectivity index (χ3n) is 5.78. The van der Waals surface area contributed by atoms with Crippen LogP contribution in [0.5, 0.6) is 0 Å². The van der Waals surface area contributed by atoms with Gasteiger partial charge in [0.15, 0.2) is 0 Å². The van der Waals surface area contributed by atoms with Crippen molar-refractivity contribution in [3.8, 4) is 0 Å². The number of aromatic nitrogens is 4. The summed E-state index contributed by atoms with van der Waals surface area (Å²) in [5.74, 6) is 3.62. The Labute approximate surface area is 164 Å². The summed E-state index contributed by atoms with van der Waals surface area (Å²) >= 11 is 6.27. The predicted octanol–water partition coefficient (Wildman–Crippen LogP) is 4.76. The molecule has 1 aliphatic carbocycles. The maximum Gasteiger partial charge on any atom is 0.135 e. The van der Waals surface area contributed by atoms with Crippen molar-refractivity contribution in [2.75, 3.05) is 18.0 Å². The molecule has 2 aromatic heterocycles. The van der Waals surface area contributed by atoms with E-state index < -0.39 is 0 Å². The Kier molecular flexibility index (Phi) is 4.27. The normalized spacial score (nSPS) is 18.4. The van der Waals surface area contributed by atoms with Crippen molar-refractivity contribution in [3.63, 3.8) is 0 Å². The SMILES string of the molecule is CCc1nc2ccccc2n1C1CCN(c2cc(Cl)nc(C3CC3)n2)CC1. The van der Waals surface area contributed by atoms with Gasteiger partial charge in [-0.05, 0) is 37.8 Å². The molecule has 0 spiro atoms. The number of nitrogens with zero attached hydrogens (tertiary/aromatic N) is 5. The molecule has 6 heteroatoms. The molecule has 27 heavy (non-hydrogen) atoms. The van der Waals surface area contributed by atoms with E-state index in [2.05, 4.69) is 45.6 Å². The minimum absolute atomic E-state index is 0.490. The lowest BCUT2D eigenvalue weighted by Crippen LogP contribution is -2.35. The zero-order valence-corrected chi connectivity index (χ0v) is 16.4. The molecule has 3 aromatic rings. The van der Waals surface area contributed by atoms with Gasteiger partial charge in [-0.3, -0.25) is 0 Å². The van der Waals surface area contributed by atoms with Gasteiger partial charge in [-0.15, -0.1) is 0 Å². The number of hydrogen-bond acceptors (Lipinski definition) is 4. The van der Waals surface area contributed by atoms with Crippen LogP contribution < -0.4 is 4.90 Å². The molecule has 0 radical (unpaired) electrons. The Balaban J connectivity index is 1.38. The Morgan fingerprint density at radius 1 is 1.04 bits per heavy atom. The summed E-state index contributed by atoms with van der Waals surface area (Å²) in [6.07, 6.45) is 5.52. The smallest absolute Gasteiger partial charge is 0.135 e. The summed E-state index contributed by atoms with van der Waals surface area (Å²) < 4.78 is 2.47. The number of hydrogen-bond donors (Lipinski definition) is 0. The molecule has 140 valence electrons. The number of anilines is 1. The molecule has 1 aliphatic heterocycles. The van der Waals surface area contributed by atoms with Gasteiger partial charge in [-0.2, -0.15) is 0 Å². The van der Waals surface area contributed by atoms with E-state index in [1.807, 2.05) is 6.07 Å². The highest BCUT2D eigenvalue weighted by molar-refractivity contribution is 6.29. The first-order valence-corrected chi connectivity index (χ1v) is 10.4. The van der Waals surface area contributed by atoms with Gasteiger partial charge in [0.1, 0.15) is 22.6 Å². The summed E-state index contributed by atoms with van der Waals surface area (Å²) in [6, 6.07) is 10.9. The maximum atomic E-state index is 6.27. The van der Waals surface area contributed by atoms with Gasteiger partial charge in [0, 0.05) is 37.5 Å². The predicted molar refractivity (Wildman–Crippen MR) is 109 cm³/mol. The first-order valence-electron chi connectivity index (χ1n) is 9.98. The van der Waals surface area contributed by atoms with E-state index in [4.69, 9.17) is 21.6 Å². The van der Waals surface area contributed by atoms with E-state index in [0.29, 0.717) is 17.1 Å². The van der Waals surface area contributed by atoms with E-state index in [0.717, 1.165) is 49.5 Å². The highest BCUT2D eigenvalue weighted by Crippen LogP contribution is 2.39. The van der Waals surface area contributed by atoms with Crippen LogP contribution in [-0.2, 0) is 6.42 Å². The van der Waals surface area contributed by atoms with Crippen molar-refractivity contribution in [2.45, 2.75) is 51.0 Å². The molecular formula is C21H24ClN5. The zero-order chi connectivity index (χ0) is 18.4. The maximum absolute atomic E-state index is 6.27. The molecular weight excluding hydrogens is 358 g/mol. The molecule has 2 aliphatic rings. The number of piperidine rings is 1. The van der Waals surface area contributed by atoms with Gasteiger partial charge in [0.05, 0.1) is 11.0 Å². The highest BCUT2D eigenvalue weighted by Gasteiger charge is 2.29. The van der Waals surface area contributed by atoms with Crippen molar-refractivity contribution < 1.29 is 0 Å². The highest BCUT2D eigenvalue weighted by atomic mass is 35.5. The quantitative estimate of drug-likeness (QED) is 0.611. The topological polar surface area (TPSA) is 46.8 Å². The van der Waals surface area contributed by atoms with Gasteiger partial charge < -0.3 is 9.47 Å². The largest absolute Gasteiger partial charge is 0.356 e. The molecule has 0 atom stereocenters. The average Bonchev–Trinajstić information content (AvgIpc) is 3.48. The molecule has 0 amide bonds. The molecule has 1 aromatic carbocycles. The Bertz CT molecular complexity index is 970. The van der Waals surface area contributed by atoms with E-state index in [1.54, 1.807) is 0 Å². The second kappa shape index (κ2) is 6.79. The average molecular weight is 382 g/mol. The van der Waals surface area contributed by atoms with E-state index in [9.17, 15) is 0 Å². The molecule has 3 heterocycles. The van der Waals surface area contributed by atoms with Crippen LogP contribution >= 0.6 is 11.6 Å². The summed E-state index contributed by atoms with van der Waals surface area (Å²) in [6.45, 7) is 4.16. The van der Waals surface area contributed by atoms with Crippen molar-refractivity contribution in [1.82, 2.24) is 19.5 Å². The van der Waals surface area contributed by atoms with Crippen LogP contribution in [0.3, 0.4) is 0 Å². The Morgan fingerprint density at radius 3 is 2.56 bits per heavy atom. The number of halogens is 1. The van der Waals surface area contributed by atoms with Crippen LogP contribution in [0, 0.1) is 0 Å². The van der Waals surface area contributed by atoms with Crippen LogP contribution in [0.4, 0.5) is 5.82 Å². The van der Waals surface area contributed by atoms with Crippen LogP contribution in [0.1, 0.15) is 56.2 Å². The first-order chi connectivity index (χ1) is 13.2. The van der Waals surface area contributed by atoms with Gasteiger partial charge in [0.25, 0.3) is 0 Å². The number of imidazole rings is 1. The Hall–Kier alpha value is -2.14. The van der Waals surface area contributed by atoms with Gasteiger partial charge in [-0.25, -0.2) is 15.0 Å². The Morgan fingerprint density at radius 2 is 1.81 bits per heavy atom. The molecule has 0 unspecified atom stereocenters. The standard InChI is InChI=1S/C21H24ClN5/c1-2-19-23-16-5-3-4-6-17(16)27(19)15-9-11-26(12-10-15)20-13-18(22)24-21(25-20)14-7-8-14/h3-6,13-15H,2,7-12H2,1H3. The zero-order valence-electron chi connectivity index (χ0n) is 15.6. The van der Waals surface area contributed by atoms with Crippen LogP contribution in [-0.4, -0.2) is 32.6 Å². The van der Waals surface area contributed by atoms with E-state index in [-0.39, 0.29) is 0 Å². The minimum atomic E-state index is 0.490. The van der Waals surface area contributed by atoms with Gasteiger partial charge in [-0.1, -0.05) is 30.7 Å². The molecule has 2 fully saturated rings. The fourth-order valence-corrected chi connectivity index (χ4v) is 4.40. The fraction of sp³-hybridized carbons (Fsp3) is 0.476.